The number of hydrogen-bond acceptors (Lipinski definition) is 14. The molecule has 0 aromatic rings. The highest BCUT2D eigenvalue weighted by Crippen LogP contribution is 2.35. The summed E-state index contributed by atoms with van der Waals surface area (Å²) in [6.45, 7) is 12.9. The number of likely N-dealkylation sites (tertiary alicyclic amines) is 4. The van der Waals surface area contributed by atoms with Crippen LogP contribution >= 0.6 is 23.5 Å². The van der Waals surface area contributed by atoms with Crippen LogP contribution in [0, 0.1) is 23.7 Å². The first-order valence-corrected chi connectivity index (χ1v) is 26.7. The number of carbonyl (C=O) groups is 7. The first-order chi connectivity index (χ1) is 32.2. The van der Waals surface area contributed by atoms with Crippen LogP contribution in [0.4, 0.5) is 13.2 Å². The number of carbonyl (C=O) groups excluding carboxylic acids is 5. The number of nitrogens with one attached hydrogen (secondary N) is 2. The molecule has 4 aliphatic rings. The Labute approximate surface area is 408 Å². The van der Waals surface area contributed by atoms with E-state index in [2.05, 4.69) is 48.1 Å². The molecule has 8 N–H and O–H groups in total. The summed E-state index contributed by atoms with van der Waals surface area (Å²) in [6, 6.07) is -1.99. The zero-order valence-electron chi connectivity index (χ0n) is 41.0. The minimum Gasteiger partial charge on any atom is -0.480 e. The van der Waals surface area contributed by atoms with Crippen LogP contribution in [0.2, 0.25) is 0 Å². The molecule has 4 amide bonds. The zero-order valence-corrected chi connectivity index (χ0v) is 42.6. The molecular formula is C45H79F3N8O10S2. The van der Waals surface area contributed by atoms with Crippen LogP contribution in [-0.4, -0.2) is 197 Å². The minimum atomic E-state index is -5.08. The highest BCUT2D eigenvalue weighted by atomic mass is 32.2. The van der Waals surface area contributed by atoms with Crippen LogP contribution in [0.1, 0.15) is 91.9 Å². The van der Waals surface area contributed by atoms with Gasteiger partial charge in [-0.1, -0.05) is 53.4 Å². The molecule has 0 aromatic carbocycles. The zero-order chi connectivity index (χ0) is 51.3. The van der Waals surface area contributed by atoms with Crippen molar-refractivity contribution in [3.63, 3.8) is 0 Å². The van der Waals surface area contributed by atoms with Crippen molar-refractivity contribution >= 4 is 65.1 Å². The second-order valence-corrected chi connectivity index (χ2v) is 19.7. The Bertz CT molecular complexity index is 1640. The lowest BCUT2D eigenvalue weighted by atomic mass is 9.94. The Morgan fingerprint density at radius 1 is 0.647 bits per heavy atom. The molecule has 0 bridgehead atoms. The maximum atomic E-state index is 13.3. The van der Waals surface area contributed by atoms with Gasteiger partial charge in [0.2, 0.25) is 23.6 Å². The molecule has 10 atom stereocenters. The van der Waals surface area contributed by atoms with Gasteiger partial charge in [0, 0.05) is 38.3 Å². The Hall–Kier alpha value is -3.38. The number of aliphatic carboxylic acids is 2. The molecule has 68 heavy (non-hydrogen) atoms. The fourth-order valence-electron chi connectivity index (χ4n) is 10.1. The number of nitrogens with two attached hydrogens (primary N) is 2. The Kier molecular flexibility index (Phi) is 27.1. The van der Waals surface area contributed by atoms with Crippen molar-refractivity contribution in [3.05, 3.63) is 0 Å². The monoisotopic (exact) mass is 1010 g/mol. The molecule has 0 aromatic heterocycles. The number of carboxylic acid groups (broad SMARTS) is 2. The van der Waals surface area contributed by atoms with E-state index in [-0.39, 0.29) is 72.7 Å². The summed E-state index contributed by atoms with van der Waals surface area (Å²) in [5, 5.41) is 22.4. The van der Waals surface area contributed by atoms with Gasteiger partial charge in [0.25, 0.3) is 0 Å². The number of alkyl halides is 3. The quantitative estimate of drug-likeness (QED) is 0.0853. The van der Waals surface area contributed by atoms with E-state index >= 15 is 0 Å². The first kappa shape index (κ1) is 60.7. The number of thioether (sulfide) groups is 2. The van der Waals surface area contributed by atoms with Crippen molar-refractivity contribution in [2.45, 2.75) is 134 Å². The average Bonchev–Trinajstić information content (AvgIpc) is 4.13. The Balaban J connectivity index is 0.000000409. The number of amides is 4. The van der Waals surface area contributed by atoms with Gasteiger partial charge in [-0.15, -0.1) is 0 Å². The van der Waals surface area contributed by atoms with Gasteiger partial charge in [-0.2, -0.15) is 36.7 Å². The molecule has 0 aliphatic carbocycles. The largest absolute Gasteiger partial charge is 0.490 e. The van der Waals surface area contributed by atoms with Gasteiger partial charge in [0.15, 0.2) is 0 Å². The van der Waals surface area contributed by atoms with Crippen molar-refractivity contribution in [2.75, 3.05) is 83.5 Å². The summed E-state index contributed by atoms with van der Waals surface area (Å²) in [7, 11) is 1.35. The number of hydrogen-bond donors (Lipinski definition) is 6. The summed E-state index contributed by atoms with van der Waals surface area (Å²) in [5.74, 6) is -1.81. The van der Waals surface area contributed by atoms with Crippen LogP contribution < -0.4 is 22.1 Å². The van der Waals surface area contributed by atoms with Crippen molar-refractivity contribution in [1.82, 2.24) is 30.2 Å². The van der Waals surface area contributed by atoms with Crippen LogP contribution in [0.5, 0.6) is 0 Å². The maximum absolute atomic E-state index is 13.3. The van der Waals surface area contributed by atoms with Gasteiger partial charge in [-0.25, -0.2) is 14.4 Å². The van der Waals surface area contributed by atoms with Crippen molar-refractivity contribution in [2.24, 2.45) is 35.1 Å². The van der Waals surface area contributed by atoms with Crippen LogP contribution in [0.25, 0.3) is 0 Å². The molecule has 0 spiro atoms. The normalized spacial score (nSPS) is 25.9. The molecule has 18 nitrogen and oxygen atoms in total. The fourth-order valence-corrected chi connectivity index (χ4v) is 11.1. The van der Waals surface area contributed by atoms with Crippen molar-refractivity contribution in [3.8, 4) is 0 Å². The molecule has 23 heteroatoms. The lowest BCUT2D eigenvalue weighted by Crippen LogP contribution is -2.55. The van der Waals surface area contributed by atoms with E-state index in [1.54, 1.807) is 23.5 Å². The number of carboxylic acids is 2. The van der Waals surface area contributed by atoms with Gasteiger partial charge < -0.3 is 46.9 Å². The molecule has 392 valence electrons. The second-order valence-electron chi connectivity index (χ2n) is 17.8. The summed E-state index contributed by atoms with van der Waals surface area (Å²) in [5.41, 5.74) is 11.3. The summed E-state index contributed by atoms with van der Waals surface area (Å²) >= 11 is 3.20. The van der Waals surface area contributed by atoms with E-state index in [0.29, 0.717) is 43.5 Å². The topological polar surface area (TPSA) is 258 Å². The van der Waals surface area contributed by atoms with Gasteiger partial charge in [0.1, 0.15) is 12.1 Å². The lowest BCUT2D eigenvalue weighted by Gasteiger charge is -2.35. The second kappa shape index (κ2) is 30.4. The lowest BCUT2D eigenvalue weighted by molar-refractivity contribution is -0.192. The van der Waals surface area contributed by atoms with Gasteiger partial charge in [-0.3, -0.25) is 29.0 Å². The number of esters is 1. The molecule has 0 radical (unpaired) electrons. The third-order valence-electron chi connectivity index (χ3n) is 14.0. The van der Waals surface area contributed by atoms with Gasteiger partial charge in [-0.05, 0) is 99.3 Å². The van der Waals surface area contributed by atoms with E-state index in [1.807, 2.05) is 22.3 Å². The first-order valence-electron chi connectivity index (χ1n) is 23.9. The minimum absolute atomic E-state index is 0.00413. The van der Waals surface area contributed by atoms with Crippen molar-refractivity contribution < 1.29 is 61.7 Å². The molecule has 4 saturated heterocycles. The number of ether oxygens (including phenoxy) is 1. The van der Waals surface area contributed by atoms with Crippen LogP contribution in [0.3, 0.4) is 0 Å². The summed E-state index contributed by atoms with van der Waals surface area (Å²) in [4.78, 5) is 92.2. The van der Waals surface area contributed by atoms with E-state index < -0.39 is 36.2 Å². The highest BCUT2D eigenvalue weighted by Gasteiger charge is 2.46. The van der Waals surface area contributed by atoms with E-state index in [1.165, 1.54) is 7.11 Å². The molecule has 4 rings (SSSR count). The SMILES string of the molecule is CC[C@H]1CCN(C[C@@H]2[C@@H](CC)CCN2C(=O)CN)[C@@H]1C(=O)N[C@@H](CCSC)C(=O)O.CC[C@H]1CCN(C[C@@H]2[C@@H](CC)CCN2C(=O)CN)[C@@H]1C(=O)N[C@@H](CCSC)C(=O)OC.O=C(O)C(F)(F)F. The Morgan fingerprint density at radius 2 is 1.00 bits per heavy atom. The summed E-state index contributed by atoms with van der Waals surface area (Å²) in [6.07, 6.45) is 7.31. The highest BCUT2D eigenvalue weighted by molar-refractivity contribution is 7.98. The molecule has 4 fully saturated rings. The number of rotatable bonds is 22. The fraction of sp³-hybridized carbons (Fsp3) is 0.844. The van der Waals surface area contributed by atoms with Crippen molar-refractivity contribution in [1.29, 1.82) is 0 Å². The smallest absolute Gasteiger partial charge is 0.480 e. The third-order valence-corrected chi connectivity index (χ3v) is 15.3. The molecule has 0 unspecified atom stereocenters. The average molecular weight is 1010 g/mol. The van der Waals surface area contributed by atoms with Crippen LogP contribution in [0.15, 0.2) is 0 Å². The van der Waals surface area contributed by atoms with E-state index in [4.69, 9.17) is 26.1 Å². The van der Waals surface area contributed by atoms with Gasteiger partial charge >= 0.3 is 24.1 Å². The Morgan fingerprint density at radius 3 is 1.31 bits per heavy atom. The van der Waals surface area contributed by atoms with Gasteiger partial charge in [0.05, 0.1) is 32.3 Å². The molecular weight excluding hydrogens is 934 g/mol. The molecule has 0 saturated carbocycles. The predicted octanol–water partition coefficient (Wildman–Crippen LogP) is 2.71. The number of halogens is 3. The summed E-state index contributed by atoms with van der Waals surface area (Å²) < 4.78 is 36.6. The molecule has 4 heterocycles. The van der Waals surface area contributed by atoms with E-state index in [9.17, 15) is 47.0 Å². The maximum Gasteiger partial charge on any atom is 0.490 e. The predicted molar refractivity (Wildman–Crippen MR) is 257 cm³/mol. The number of methoxy groups -OCH3 is 1. The van der Waals surface area contributed by atoms with Crippen LogP contribution in [-0.2, 0) is 38.3 Å². The number of nitrogens with zero attached hydrogens (tertiary/aromatic N) is 4. The standard InChI is InChI=1S/C22H40N4O4S.C21H38N4O4S.C2HF3O2/c1-5-15-8-11-26(19(27)13-23)18(15)14-25-10-7-16(6-2)20(25)21(28)24-17(9-12-31-4)22(29)30-3;1-4-14-7-10-25(18(26)12-22)17(14)13-24-9-6-15(5-2)19(24)20(27)23-16(21(28)29)8-11-30-3;3-2(4,5)1(6)7/h15-18,20H,5-14,23H2,1-4H3,(H,24,28);14-17,19H,4-13,22H2,1-3H3,(H,23,27)(H,28,29);(H,6,7)/t15-,16-,17-,18+,20-;14-,15-,16-,17+,19-;/m00./s1. The third kappa shape index (κ3) is 17.5. The molecule has 4 aliphatic heterocycles. The van der Waals surface area contributed by atoms with E-state index in [0.717, 1.165) is 83.3 Å².